The second kappa shape index (κ2) is 9.93. The number of benzene rings is 1. The zero-order chi connectivity index (χ0) is 32.3. The monoisotopic (exact) mass is 631 g/mol. The van der Waals surface area contributed by atoms with Crippen LogP contribution in [0.4, 0.5) is 0 Å². The number of carbonyl (C=O) groups excluding carboxylic acids is 3. The van der Waals surface area contributed by atoms with Crippen molar-refractivity contribution < 1.29 is 58.5 Å². The second-order valence-corrected chi connectivity index (χ2v) is 14.0. The Morgan fingerprint density at radius 3 is 2.36 bits per heavy atom. The number of nitrogens with zero attached hydrogens (tertiary/aromatic N) is 1. The van der Waals surface area contributed by atoms with Gasteiger partial charge < -0.3 is 49.0 Å². The van der Waals surface area contributed by atoms with Gasteiger partial charge in [0.25, 0.3) is 0 Å². The molecule has 1 spiro atoms. The van der Waals surface area contributed by atoms with Crippen molar-refractivity contribution >= 4 is 18.3 Å². The van der Waals surface area contributed by atoms with Gasteiger partial charge in [-0.3, -0.25) is 9.59 Å². The van der Waals surface area contributed by atoms with Gasteiger partial charge in [0.1, 0.15) is 23.9 Å². The molecule has 13 nitrogen and oxygen atoms in total. The standard InChI is InChI=1S/C32H41NO12/c1-16(35)45-32-19-20(42-3)21-28(14-41-2)11-10-18(36)31(21,23(19)33(13-28)15-34)30(40)12-29(39,26(43-4)24(32)37)25(22(30)32)44-27(38)17-8-6-5-7-9-17/h5-9,15,18-26,36-37,39-40H,10-14H2,1-4H3/t18-,19-,20-,21+,22-,23?,24-,25+,26-,28-,29+,30-,31+,32-/m0/s1. The van der Waals surface area contributed by atoms with Crippen LogP contribution in [0.5, 0.6) is 0 Å². The number of piperidine rings is 1. The summed E-state index contributed by atoms with van der Waals surface area (Å²) in [6.45, 7) is 1.53. The fraction of sp³-hybridized carbons (Fsp3) is 0.719. The summed E-state index contributed by atoms with van der Waals surface area (Å²) in [7, 11) is 4.27. The van der Waals surface area contributed by atoms with Crippen molar-refractivity contribution in [3.05, 3.63) is 35.9 Å². The van der Waals surface area contributed by atoms with Gasteiger partial charge >= 0.3 is 11.9 Å². The predicted octanol–water partition coefficient (Wildman–Crippen LogP) is -0.725. The number of hydrogen-bond acceptors (Lipinski definition) is 12. The van der Waals surface area contributed by atoms with Gasteiger partial charge in [0.05, 0.1) is 47.4 Å². The van der Waals surface area contributed by atoms with Crippen molar-refractivity contribution in [3.8, 4) is 0 Å². The number of rotatable bonds is 8. The molecule has 13 heteroatoms. The Morgan fingerprint density at radius 1 is 1.04 bits per heavy atom. The van der Waals surface area contributed by atoms with Gasteiger partial charge in [-0.05, 0) is 25.0 Å². The summed E-state index contributed by atoms with van der Waals surface area (Å²) in [5.41, 5.74) is -8.65. The third-order valence-electron chi connectivity index (χ3n) is 12.5. The Hall–Kier alpha value is -2.65. The van der Waals surface area contributed by atoms with Crippen molar-refractivity contribution in [1.29, 1.82) is 0 Å². The fourth-order valence-corrected chi connectivity index (χ4v) is 11.8. The molecule has 1 aromatic carbocycles. The first kappa shape index (κ1) is 31.0. The van der Waals surface area contributed by atoms with Crippen molar-refractivity contribution in [1.82, 2.24) is 4.90 Å². The van der Waals surface area contributed by atoms with Gasteiger partial charge in [-0.2, -0.15) is 0 Å². The molecule has 1 unspecified atom stereocenters. The summed E-state index contributed by atoms with van der Waals surface area (Å²) in [6, 6.07) is 7.11. The summed E-state index contributed by atoms with van der Waals surface area (Å²) in [4.78, 5) is 41.2. The molecule has 4 N–H and O–H groups in total. The second-order valence-electron chi connectivity index (χ2n) is 14.0. The Balaban J connectivity index is 1.55. The van der Waals surface area contributed by atoms with Gasteiger partial charge in [0.2, 0.25) is 6.41 Å². The highest BCUT2D eigenvalue weighted by Crippen LogP contribution is 2.81. The SMILES string of the molecule is COC[C@@]12CC[C@H](O)[C@]34C([C@H]([C@H](OC)[C@H]13)[C@]1(OC(C)=O)[C@H]3[C@@H](OC(=O)c5ccccc5)[C@](O)(C[C@]34O)[C@@H](OC)[C@@H]1O)N(C=O)C2. The minimum atomic E-state index is -2.19. The number of methoxy groups -OCH3 is 3. The molecule has 5 aliphatic carbocycles. The van der Waals surface area contributed by atoms with E-state index in [1.54, 1.807) is 18.2 Å². The zero-order valence-corrected chi connectivity index (χ0v) is 25.7. The van der Waals surface area contributed by atoms with Crippen LogP contribution in [-0.2, 0) is 33.3 Å². The minimum absolute atomic E-state index is 0.164. The molecule has 0 radical (unpaired) electrons. The van der Waals surface area contributed by atoms with Crippen LogP contribution in [0.3, 0.4) is 0 Å². The van der Waals surface area contributed by atoms with E-state index in [1.165, 1.54) is 38.4 Å². The van der Waals surface area contributed by atoms with Crippen LogP contribution in [0.15, 0.2) is 30.3 Å². The Kier molecular flexibility index (Phi) is 6.83. The largest absolute Gasteiger partial charge is 0.455 e. The van der Waals surface area contributed by atoms with Crippen molar-refractivity contribution in [3.63, 3.8) is 0 Å². The molecule has 246 valence electrons. The quantitative estimate of drug-likeness (QED) is 0.209. The minimum Gasteiger partial charge on any atom is -0.455 e. The zero-order valence-electron chi connectivity index (χ0n) is 25.7. The molecule has 45 heavy (non-hydrogen) atoms. The summed E-state index contributed by atoms with van der Waals surface area (Å²) in [5.74, 6) is -4.77. The number of aliphatic hydroxyl groups excluding tert-OH is 2. The molecule has 7 rings (SSSR count). The fourth-order valence-electron chi connectivity index (χ4n) is 11.8. The lowest BCUT2D eigenvalue weighted by Crippen LogP contribution is -2.84. The van der Waals surface area contributed by atoms with E-state index in [9.17, 15) is 34.8 Å². The number of carbonyl (C=O) groups is 3. The molecule has 0 aromatic heterocycles. The molecule has 6 fully saturated rings. The summed E-state index contributed by atoms with van der Waals surface area (Å²) < 4.78 is 30.0. The molecule has 1 aliphatic heterocycles. The third-order valence-corrected chi connectivity index (χ3v) is 12.5. The summed E-state index contributed by atoms with van der Waals surface area (Å²) in [5, 5.41) is 50.6. The first-order valence-electron chi connectivity index (χ1n) is 15.4. The van der Waals surface area contributed by atoms with E-state index in [2.05, 4.69) is 0 Å². The number of hydrogen-bond donors (Lipinski definition) is 4. The third kappa shape index (κ3) is 3.35. The number of amides is 1. The first-order chi connectivity index (χ1) is 21.4. The highest BCUT2D eigenvalue weighted by molar-refractivity contribution is 5.89. The number of fused-ring (bicyclic) bond motifs is 2. The van der Waals surface area contributed by atoms with Crippen molar-refractivity contribution in [2.24, 2.45) is 28.6 Å². The van der Waals surface area contributed by atoms with Crippen LogP contribution in [-0.4, -0.2) is 132 Å². The summed E-state index contributed by atoms with van der Waals surface area (Å²) >= 11 is 0. The molecule has 6 aliphatic rings. The molecular weight excluding hydrogens is 590 g/mol. The average molecular weight is 632 g/mol. The smallest absolute Gasteiger partial charge is 0.338 e. The van der Waals surface area contributed by atoms with Crippen LogP contribution in [0.25, 0.3) is 0 Å². The molecule has 5 saturated carbocycles. The van der Waals surface area contributed by atoms with Crippen molar-refractivity contribution in [2.45, 2.75) is 79.6 Å². The lowest BCUT2D eigenvalue weighted by Gasteiger charge is -2.70. The number of aliphatic hydroxyl groups is 4. The van der Waals surface area contributed by atoms with E-state index in [1.807, 2.05) is 0 Å². The number of esters is 2. The lowest BCUT2D eigenvalue weighted by atomic mass is 9.41. The van der Waals surface area contributed by atoms with E-state index >= 15 is 0 Å². The van der Waals surface area contributed by atoms with Crippen LogP contribution in [0.2, 0.25) is 0 Å². The van der Waals surface area contributed by atoms with E-state index in [-0.39, 0.29) is 25.1 Å². The van der Waals surface area contributed by atoms with Gasteiger partial charge in [-0.1, -0.05) is 18.2 Å². The average Bonchev–Trinajstić information content (AvgIpc) is 3.37. The molecular formula is C32H41NO12. The van der Waals surface area contributed by atoms with Gasteiger partial charge in [0.15, 0.2) is 5.60 Å². The predicted molar refractivity (Wildman–Crippen MR) is 151 cm³/mol. The van der Waals surface area contributed by atoms with E-state index < -0.39 is 100 Å². The molecule has 1 amide bonds. The molecule has 1 aromatic rings. The van der Waals surface area contributed by atoms with Crippen LogP contribution >= 0.6 is 0 Å². The first-order valence-corrected chi connectivity index (χ1v) is 15.4. The lowest BCUT2D eigenvalue weighted by molar-refractivity contribution is -0.342. The highest BCUT2D eigenvalue weighted by Gasteiger charge is 2.96. The number of ether oxygens (including phenoxy) is 5. The normalized spacial score (nSPS) is 50.2. The van der Waals surface area contributed by atoms with E-state index in [0.717, 1.165) is 6.92 Å². The molecule has 14 atom stereocenters. The Labute approximate surface area is 260 Å². The Morgan fingerprint density at radius 2 is 1.76 bits per heavy atom. The van der Waals surface area contributed by atoms with Crippen LogP contribution in [0.1, 0.15) is 36.5 Å². The number of likely N-dealkylation sites (tertiary alicyclic amines) is 1. The van der Waals surface area contributed by atoms with Gasteiger partial charge in [-0.15, -0.1) is 0 Å². The van der Waals surface area contributed by atoms with Crippen LogP contribution in [0, 0.1) is 28.6 Å². The molecule has 1 saturated heterocycles. The van der Waals surface area contributed by atoms with Gasteiger partial charge in [0, 0.05) is 58.5 Å². The summed E-state index contributed by atoms with van der Waals surface area (Å²) in [6.07, 6.45) is -6.11. The maximum Gasteiger partial charge on any atom is 0.338 e. The topological polar surface area (TPSA) is 182 Å². The van der Waals surface area contributed by atoms with Gasteiger partial charge in [-0.25, -0.2) is 4.79 Å². The van der Waals surface area contributed by atoms with E-state index in [0.29, 0.717) is 12.8 Å². The highest BCUT2D eigenvalue weighted by atomic mass is 16.6. The maximum absolute atomic E-state index is 13.6. The Bertz CT molecular complexity index is 1400. The van der Waals surface area contributed by atoms with Crippen molar-refractivity contribution in [2.75, 3.05) is 34.5 Å². The molecule has 7 bridgehead atoms. The molecule has 1 heterocycles. The van der Waals surface area contributed by atoms with E-state index in [4.69, 9.17) is 23.7 Å². The van der Waals surface area contributed by atoms with Crippen LogP contribution < -0.4 is 0 Å². The maximum atomic E-state index is 13.6.